The molecule has 0 aromatic heterocycles. The van der Waals surface area contributed by atoms with E-state index >= 15 is 0 Å². The Balaban J connectivity index is 1.79. The second kappa shape index (κ2) is 9.00. The standard InChI is InChI=1S/C20H22FN3O6S/c1-12-9-15(21)4-3-14(12)11-30-16-5-7-17(8-6-16)31(28,29)24-10-18(25)22-13(2)19(24)20(26)23-27/h3-9,13,19,27H,10-11H2,1-2H3,(H,22,25)(H,23,26). The Kier molecular flexibility index (Phi) is 6.58. The topological polar surface area (TPSA) is 125 Å². The number of carbonyl (C=O) groups excluding carboxylic acids is 2. The summed E-state index contributed by atoms with van der Waals surface area (Å²) in [6.45, 7) is 2.83. The Morgan fingerprint density at radius 3 is 2.58 bits per heavy atom. The van der Waals surface area contributed by atoms with Crippen molar-refractivity contribution in [3.8, 4) is 5.75 Å². The van der Waals surface area contributed by atoms with Crippen LogP contribution in [-0.2, 0) is 26.2 Å². The van der Waals surface area contributed by atoms with Crippen LogP contribution in [-0.4, -0.2) is 48.4 Å². The van der Waals surface area contributed by atoms with Crippen molar-refractivity contribution in [2.75, 3.05) is 6.54 Å². The summed E-state index contributed by atoms with van der Waals surface area (Å²) in [5.74, 6) is -1.47. The van der Waals surface area contributed by atoms with Gasteiger partial charge in [-0.15, -0.1) is 0 Å². The SMILES string of the molecule is Cc1cc(F)ccc1COc1ccc(S(=O)(=O)N2CC(=O)NC(C)C2C(=O)NO)cc1. The molecule has 2 amide bonds. The summed E-state index contributed by atoms with van der Waals surface area (Å²) in [5.41, 5.74) is 2.95. The van der Waals surface area contributed by atoms with Gasteiger partial charge in [0.05, 0.1) is 17.5 Å². The lowest BCUT2D eigenvalue weighted by Gasteiger charge is -2.37. The van der Waals surface area contributed by atoms with Gasteiger partial charge in [0.1, 0.15) is 24.2 Å². The third-order valence-electron chi connectivity index (χ3n) is 4.98. The van der Waals surface area contributed by atoms with Crippen molar-refractivity contribution in [1.82, 2.24) is 15.1 Å². The maximum absolute atomic E-state index is 13.2. The third-order valence-corrected chi connectivity index (χ3v) is 6.82. The molecule has 2 aromatic rings. The van der Waals surface area contributed by atoms with Crippen molar-refractivity contribution in [2.24, 2.45) is 0 Å². The Hall–Kier alpha value is -3.02. The number of sulfonamides is 1. The lowest BCUT2D eigenvalue weighted by molar-refractivity contribution is -0.137. The molecule has 1 aliphatic rings. The molecule has 3 rings (SSSR count). The largest absolute Gasteiger partial charge is 0.489 e. The maximum Gasteiger partial charge on any atom is 0.263 e. The quantitative estimate of drug-likeness (QED) is 0.446. The number of amides is 2. The Morgan fingerprint density at radius 1 is 1.29 bits per heavy atom. The van der Waals surface area contributed by atoms with E-state index in [2.05, 4.69) is 5.32 Å². The van der Waals surface area contributed by atoms with Crippen LogP contribution in [0.15, 0.2) is 47.4 Å². The first-order valence-corrected chi connectivity index (χ1v) is 10.8. The van der Waals surface area contributed by atoms with E-state index in [1.807, 2.05) is 0 Å². The van der Waals surface area contributed by atoms with Crippen molar-refractivity contribution in [1.29, 1.82) is 0 Å². The van der Waals surface area contributed by atoms with Gasteiger partial charge in [0.15, 0.2) is 0 Å². The fraction of sp³-hybridized carbons (Fsp3) is 0.300. The molecule has 1 fully saturated rings. The first-order valence-electron chi connectivity index (χ1n) is 9.36. The normalized spacial score (nSPS) is 19.5. The summed E-state index contributed by atoms with van der Waals surface area (Å²) >= 11 is 0. The second-order valence-corrected chi connectivity index (χ2v) is 9.05. The number of hydrogen-bond donors (Lipinski definition) is 3. The van der Waals surface area contributed by atoms with E-state index in [1.54, 1.807) is 13.0 Å². The van der Waals surface area contributed by atoms with E-state index in [0.29, 0.717) is 5.75 Å². The predicted octanol–water partition coefficient (Wildman–Crippen LogP) is 1.10. The molecular formula is C20H22FN3O6S. The van der Waals surface area contributed by atoms with Gasteiger partial charge in [0, 0.05) is 0 Å². The van der Waals surface area contributed by atoms with Crippen molar-refractivity contribution in [3.63, 3.8) is 0 Å². The van der Waals surface area contributed by atoms with Gasteiger partial charge in [0.25, 0.3) is 5.91 Å². The predicted molar refractivity (Wildman–Crippen MR) is 107 cm³/mol. The molecule has 2 aromatic carbocycles. The van der Waals surface area contributed by atoms with Crippen LogP contribution in [0, 0.1) is 12.7 Å². The number of hydroxylamine groups is 1. The summed E-state index contributed by atoms with van der Waals surface area (Å²) in [7, 11) is -4.22. The average molecular weight is 451 g/mol. The average Bonchev–Trinajstić information content (AvgIpc) is 2.72. The molecule has 166 valence electrons. The number of halogens is 1. The molecular weight excluding hydrogens is 429 g/mol. The van der Waals surface area contributed by atoms with Crippen LogP contribution < -0.4 is 15.5 Å². The number of benzene rings is 2. The highest BCUT2D eigenvalue weighted by atomic mass is 32.2. The summed E-state index contributed by atoms with van der Waals surface area (Å²) < 4.78 is 45.8. The highest BCUT2D eigenvalue weighted by molar-refractivity contribution is 7.89. The molecule has 0 bridgehead atoms. The van der Waals surface area contributed by atoms with Crippen molar-refractivity contribution >= 4 is 21.8 Å². The summed E-state index contributed by atoms with van der Waals surface area (Å²) in [4.78, 5) is 23.8. The molecule has 31 heavy (non-hydrogen) atoms. The molecule has 0 aliphatic carbocycles. The van der Waals surface area contributed by atoms with Crippen molar-refractivity contribution in [2.45, 2.75) is 37.4 Å². The van der Waals surface area contributed by atoms with Crippen molar-refractivity contribution < 1.29 is 32.3 Å². The monoisotopic (exact) mass is 451 g/mol. The minimum absolute atomic E-state index is 0.143. The summed E-state index contributed by atoms with van der Waals surface area (Å²) in [6, 6.07) is 7.66. The smallest absolute Gasteiger partial charge is 0.263 e. The summed E-state index contributed by atoms with van der Waals surface area (Å²) in [5, 5.41) is 11.5. The first-order chi connectivity index (χ1) is 14.6. The zero-order valence-corrected chi connectivity index (χ0v) is 17.6. The van der Waals surface area contributed by atoms with Crippen molar-refractivity contribution in [3.05, 3.63) is 59.4 Å². The van der Waals surface area contributed by atoms with Crippen LogP contribution in [0.4, 0.5) is 4.39 Å². The molecule has 2 unspecified atom stereocenters. The molecule has 11 heteroatoms. The van der Waals surface area contributed by atoms with E-state index in [4.69, 9.17) is 9.94 Å². The van der Waals surface area contributed by atoms with E-state index in [0.717, 1.165) is 15.4 Å². The van der Waals surface area contributed by atoms with E-state index in [9.17, 15) is 22.4 Å². The minimum atomic E-state index is -4.22. The van der Waals surface area contributed by atoms with Crippen LogP contribution in [0.25, 0.3) is 0 Å². The Labute approximate surface area is 178 Å². The van der Waals surface area contributed by atoms with Crippen LogP contribution in [0.2, 0.25) is 0 Å². The van der Waals surface area contributed by atoms with Gasteiger partial charge in [0.2, 0.25) is 15.9 Å². The molecule has 1 aliphatic heterocycles. The number of carbonyl (C=O) groups is 2. The lowest BCUT2D eigenvalue weighted by atomic mass is 10.1. The van der Waals surface area contributed by atoms with E-state index in [-0.39, 0.29) is 17.3 Å². The zero-order chi connectivity index (χ0) is 22.8. The minimum Gasteiger partial charge on any atom is -0.489 e. The fourth-order valence-corrected chi connectivity index (χ4v) is 4.97. The van der Waals surface area contributed by atoms with Gasteiger partial charge in [-0.25, -0.2) is 18.3 Å². The van der Waals surface area contributed by atoms with Crippen LogP contribution in [0.3, 0.4) is 0 Å². The number of hydrogen-bond acceptors (Lipinski definition) is 6. The molecule has 3 N–H and O–H groups in total. The van der Waals surface area contributed by atoms with Gasteiger partial charge in [-0.3, -0.25) is 14.8 Å². The van der Waals surface area contributed by atoms with Crippen LogP contribution in [0.1, 0.15) is 18.1 Å². The zero-order valence-electron chi connectivity index (χ0n) is 16.8. The third kappa shape index (κ3) is 4.84. The highest BCUT2D eigenvalue weighted by Gasteiger charge is 2.44. The number of nitrogens with one attached hydrogen (secondary N) is 2. The Bertz CT molecular complexity index is 1090. The molecule has 1 heterocycles. The molecule has 0 radical (unpaired) electrons. The van der Waals surface area contributed by atoms with Crippen LogP contribution in [0.5, 0.6) is 5.75 Å². The van der Waals surface area contributed by atoms with E-state index in [1.165, 1.54) is 48.8 Å². The molecule has 0 saturated carbocycles. The molecule has 0 spiro atoms. The number of piperazine rings is 1. The Morgan fingerprint density at radius 2 is 1.97 bits per heavy atom. The summed E-state index contributed by atoms with van der Waals surface area (Å²) in [6.07, 6.45) is 0. The van der Waals surface area contributed by atoms with Gasteiger partial charge < -0.3 is 10.1 Å². The molecule has 1 saturated heterocycles. The highest BCUT2D eigenvalue weighted by Crippen LogP contribution is 2.25. The van der Waals surface area contributed by atoms with Gasteiger partial charge in [-0.1, -0.05) is 6.07 Å². The number of rotatable bonds is 6. The number of nitrogens with zero attached hydrogens (tertiary/aromatic N) is 1. The maximum atomic E-state index is 13.2. The second-order valence-electron chi connectivity index (χ2n) is 7.16. The van der Waals surface area contributed by atoms with E-state index < -0.39 is 40.5 Å². The van der Waals surface area contributed by atoms with Gasteiger partial charge >= 0.3 is 0 Å². The first kappa shape index (κ1) is 22.7. The fourth-order valence-electron chi connectivity index (χ4n) is 3.35. The van der Waals surface area contributed by atoms with Crippen LogP contribution >= 0.6 is 0 Å². The molecule has 9 nitrogen and oxygen atoms in total. The lowest BCUT2D eigenvalue weighted by Crippen LogP contribution is -2.65. The van der Waals surface area contributed by atoms with Gasteiger partial charge in [-0.2, -0.15) is 4.31 Å². The number of aryl methyl sites for hydroxylation is 1. The molecule has 2 atom stereocenters. The number of ether oxygens (including phenoxy) is 1. The van der Waals surface area contributed by atoms with Gasteiger partial charge in [-0.05, 0) is 61.4 Å².